The third kappa shape index (κ3) is 3.15. The predicted octanol–water partition coefficient (Wildman–Crippen LogP) is 2.91. The molecule has 0 bridgehead atoms. The Morgan fingerprint density at radius 3 is 2.70 bits per heavy atom. The summed E-state index contributed by atoms with van der Waals surface area (Å²) in [5, 5.41) is 0. The molecule has 3 rings (SSSR count). The van der Waals surface area contributed by atoms with Crippen molar-refractivity contribution in [2.45, 2.75) is 25.2 Å². The highest BCUT2D eigenvalue weighted by Crippen LogP contribution is 2.34. The van der Waals surface area contributed by atoms with Crippen molar-refractivity contribution >= 4 is 0 Å². The number of methoxy groups -OCH3 is 1. The minimum absolute atomic E-state index is 0.655. The molecule has 0 aromatic heterocycles. The zero-order chi connectivity index (χ0) is 13.8. The second kappa shape index (κ2) is 6.59. The number of hydrogen-bond donors (Lipinski definition) is 0. The Labute approximate surface area is 121 Å². The number of piperidine rings is 1. The molecule has 2 saturated heterocycles. The molecule has 0 unspecified atom stereocenters. The maximum atomic E-state index is 5.50. The van der Waals surface area contributed by atoms with Crippen LogP contribution < -0.4 is 4.74 Å². The van der Waals surface area contributed by atoms with Crippen molar-refractivity contribution < 1.29 is 9.47 Å². The van der Waals surface area contributed by atoms with Crippen LogP contribution >= 0.6 is 0 Å². The summed E-state index contributed by atoms with van der Waals surface area (Å²) in [4.78, 5) is 2.62. The molecule has 0 amide bonds. The van der Waals surface area contributed by atoms with Crippen LogP contribution in [0.2, 0.25) is 0 Å². The summed E-state index contributed by atoms with van der Waals surface area (Å²) in [5.74, 6) is 2.47. The van der Waals surface area contributed by atoms with Gasteiger partial charge in [-0.3, -0.25) is 0 Å². The fourth-order valence-corrected chi connectivity index (χ4v) is 3.52. The Morgan fingerprint density at radius 1 is 1.20 bits per heavy atom. The Kier molecular flexibility index (Phi) is 4.58. The van der Waals surface area contributed by atoms with E-state index in [1.807, 2.05) is 0 Å². The van der Waals surface area contributed by atoms with Crippen LogP contribution in [0.1, 0.15) is 30.7 Å². The molecule has 0 spiro atoms. The van der Waals surface area contributed by atoms with E-state index >= 15 is 0 Å². The quantitative estimate of drug-likeness (QED) is 0.843. The first kappa shape index (κ1) is 13.9. The number of ether oxygens (including phenoxy) is 2. The lowest BCUT2D eigenvalue weighted by Gasteiger charge is -2.33. The van der Waals surface area contributed by atoms with Gasteiger partial charge in [0.2, 0.25) is 0 Å². The molecule has 0 aliphatic carbocycles. The summed E-state index contributed by atoms with van der Waals surface area (Å²) in [6.45, 7) is 5.56. The van der Waals surface area contributed by atoms with E-state index < -0.39 is 0 Å². The molecule has 20 heavy (non-hydrogen) atoms. The zero-order valence-corrected chi connectivity index (χ0v) is 12.4. The van der Waals surface area contributed by atoms with E-state index in [2.05, 4.69) is 29.2 Å². The van der Waals surface area contributed by atoms with Crippen LogP contribution in [0.15, 0.2) is 24.3 Å². The van der Waals surface area contributed by atoms with Crippen molar-refractivity contribution in [2.75, 3.05) is 40.0 Å². The molecule has 0 N–H and O–H groups in total. The molecule has 1 aromatic carbocycles. The largest absolute Gasteiger partial charge is 0.496 e. The zero-order valence-electron chi connectivity index (χ0n) is 12.4. The number of rotatable bonds is 4. The van der Waals surface area contributed by atoms with Crippen molar-refractivity contribution in [1.82, 2.24) is 4.90 Å². The fraction of sp³-hybridized carbons (Fsp3) is 0.647. The first-order valence-corrected chi connectivity index (χ1v) is 7.80. The average molecular weight is 275 g/mol. The molecule has 2 heterocycles. The Hall–Kier alpha value is -1.06. The number of nitrogens with zero attached hydrogens (tertiary/aromatic N) is 1. The summed E-state index contributed by atoms with van der Waals surface area (Å²) < 4.78 is 11.0. The van der Waals surface area contributed by atoms with E-state index in [9.17, 15) is 0 Å². The summed E-state index contributed by atoms with van der Waals surface area (Å²) >= 11 is 0. The summed E-state index contributed by atoms with van der Waals surface area (Å²) in [6.07, 6.45) is 3.73. The van der Waals surface area contributed by atoms with Gasteiger partial charge in [-0.05, 0) is 55.8 Å². The van der Waals surface area contributed by atoms with Gasteiger partial charge in [0.1, 0.15) is 5.75 Å². The highest BCUT2D eigenvalue weighted by molar-refractivity contribution is 5.36. The topological polar surface area (TPSA) is 21.7 Å². The first-order valence-electron chi connectivity index (χ1n) is 7.80. The third-order valence-corrected chi connectivity index (χ3v) is 4.71. The van der Waals surface area contributed by atoms with Crippen molar-refractivity contribution in [1.29, 1.82) is 0 Å². The summed E-state index contributed by atoms with van der Waals surface area (Å²) in [7, 11) is 1.77. The van der Waals surface area contributed by atoms with Gasteiger partial charge in [0.05, 0.1) is 13.7 Å². The first-order chi connectivity index (χ1) is 9.86. The monoisotopic (exact) mass is 275 g/mol. The molecule has 1 atom stereocenters. The second-order valence-corrected chi connectivity index (χ2v) is 6.05. The van der Waals surface area contributed by atoms with Gasteiger partial charge < -0.3 is 14.4 Å². The molecule has 0 radical (unpaired) electrons. The van der Waals surface area contributed by atoms with Crippen molar-refractivity contribution in [3.05, 3.63) is 29.8 Å². The van der Waals surface area contributed by atoms with E-state index in [-0.39, 0.29) is 0 Å². The summed E-state index contributed by atoms with van der Waals surface area (Å²) in [5.41, 5.74) is 1.39. The van der Waals surface area contributed by atoms with Gasteiger partial charge >= 0.3 is 0 Å². The maximum absolute atomic E-state index is 5.50. The van der Waals surface area contributed by atoms with Gasteiger partial charge in [0.25, 0.3) is 0 Å². The standard InChI is InChI=1S/C17H25NO2/c1-19-17-5-3-2-4-16(17)15-6-9-18(10-7-15)12-14-8-11-20-13-14/h2-5,14-15H,6-13H2,1H3/t14-/m1/s1. The SMILES string of the molecule is COc1ccccc1C1CCN(C[C@H]2CCOC2)CC1. The van der Waals surface area contributed by atoms with Crippen LogP contribution in [-0.4, -0.2) is 44.9 Å². The Balaban J connectivity index is 1.55. The molecule has 110 valence electrons. The normalized spacial score (nSPS) is 24.9. The molecule has 3 heteroatoms. The van der Waals surface area contributed by atoms with E-state index in [1.165, 1.54) is 44.5 Å². The van der Waals surface area contributed by atoms with Gasteiger partial charge in [-0.2, -0.15) is 0 Å². The maximum Gasteiger partial charge on any atom is 0.122 e. The van der Waals surface area contributed by atoms with Gasteiger partial charge in [0.15, 0.2) is 0 Å². The van der Waals surface area contributed by atoms with Gasteiger partial charge in [-0.25, -0.2) is 0 Å². The lowest BCUT2D eigenvalue weighted by molar-refractivity contribution is 0.152. The van der Waals surface area contributed by atoms with Crippen molar-refractivity contribution in [2.24, 2.45) is 5.92 Å². The molecule has 2 fully saturated rings. The van der Waals surface area contributed by atoms with Crippen molar-refractivity contribution in [3.63, 3.8) is 0 Å². The smallest absolute Gasteiger partial charge is 0.122 e. The molecule has 1 aromatic rings. The molecule has 2 aliphatic heterocycles. The van der Waals surface area contributed by atoms with Crippen LogP contribution in [0.25, 0.3) is 0 Å². The number of hydrogen-bond acceptors (Lipinski definition) is 3. The van der Waals surface area contributed by atoms with Crippen LogP contribution in [0, 0.1) is 5.92 Å². The lowest BCUT2D eigenvalue weighted by atomic mass is 9.88. The lowest BCUT2D eigenvalue weighted by Crippen LogP contribution is -2.36. The Morgan fingerprint density at radius 2 is 2.00 bits per heavy atom. The van der Waals surface area contributed by atoms with Crippen LogP contribution in [0.3, 0.4) is 0 Å². The molecule has 0 saturated carbocycles. The number of para-hydroxylation sites is 1. The van der Waals surface area contributed by atoms with Crippen molar-refractivity contribution in [3.8, 4) is 5.75 Å². The summed E-state index contributed by atoms with van der Waals surface area (Å²) in [6, 6.07) is 8.49. The molecular formula is C17H25NO2. The highest BCUT2D eigenvalue weighted by Gasteiger charge is 2.25. The molecular weight excluding hydrogens is 250 g/mol. The third-order valence-electron chi connectivity index (χ3n) is 4.71. The highest BCUT2D eigenvalue weighted by atomic mass is 16.5. The van der Waals surface area contributed by atoms with E-state index in [1.54, 1.807) is 7.11 Å². The average Bonchev–Trinajstić information content (AvgIpc) is 3.01. The number of benzene rings is 1. The van der Waals surface area contributed by atoms with Crippen LogP contribution in [-0.2, 0) is 4.74 Å². The van der Waals surface area contributed by atoms with E-state index in [0.29, 0.717) is 5.92 Å². The van der Waals surface area contributed by atoms with E-state index in [4.69, 9.17) is 9.47 Å². The number of likely N-dealkylation sites (tertiary alicyclic amines) is 1. The van der Waals surface area contributed by atoms with Gasteiger partial charge in [-0.15, -0.1) is 0 Å². The minimum atomic E-state index is 0.655. The fourth-order valence-electron chi connectivity index (χ4n) is 3.52. The van der Waals surface area contributed by atoms with Crippen LogP contribution in [0.5, 0.6) is 5.75 Å². The Bertz CT molecular complexity index is 421. The van der Waals surface area contributed by atoms with Gasteiger partial charge in [0, 0.05) is 13.2 Å². The van der Waals surface area contributed by atoms with Crippen LogP contribution in [0.4, 0.5) is 0 Å². The predicted molar refractivity (Wildman–Crippen MR) is 80.3 cm³/mol. The van der Waals surface area contributed by atoms with E-state index in [0.717, 1.165) is 24.9 Å². The molecule has 3 nitrogen and oxygen atoms in total. The minimum Gasteiger partial charge on any atom is -0.496 e. The second-order valence-electron chi connectivity index (χ2n) is 6.05. The van der Waals surface area contributed by atoms with Gasteiger partial charge in [-0.1, -0.05) is 18.2 Å². The molecule has 2 aliphatic rings.